The molecule has 4 aromatic rings. The van der Waals surface area contributed by atoms with E-state index in [1.54, 1.807) is 32.7 Å². The highest BCUT2D eigenvalue weighted by molar-refractivity contribution is 6.05. The van der Waals surface area contributed by atoms with Crippen molar-refractivity contribution < 1.29 is 4.79 Å². The largest absolute Gasteiger partial charge is 0.309 e. The van der Waals surface area contributed by atoms with Gasteiger partial charge >= 0.3 is 0 Å². The molecule has 8 nitrogen and oxygen atoms in total. The van der Waals surface area contributed by atoms with Crippen LogP contribution in [-0.4, -0.2) is 36.8 Å². The standard InChI is InChI=1S/C23H19N7O/c24-15-23(18-1-2-18)6-10-28(22(23)31)20-5-9-26-30-13-16(11-21(20)30)17-12-27-29(14-17)19-3-7-25-8-4-19/h3-5,7-9,11-14,18H,1-2,6,10H2/t23-/m1/s1. The second-order valence-corrected chi connectivity index (χ2v) is 8.22. The predicted molar refractivity (Wildman–Crippen MR) is 113 cm³/mol. The van der Waals surface area contributed by atoms with Crippen molar-refractivity contribution in [3.05, 3.63) is 61.4 Å². The van der Waals surface area contributed by atoms with Gasteiger partial charge in [0.25, 0.3) is 0 Å². The Kier molecular flexibility index (Phi) is 3.74. The maximum Gasteiger partial charge on any atom is 0.247 e. The van der Waals surface area contributed by atoms with Crippen molar-refractivity contribution >= 4 is 17.1 Å². The molecule has 1 atom stereocenters. The summed E-state index contributed by atoms with van der Waals surface area (Å²) in [6.45, 7) is 0.559. The Bertz CT molecular complexity index is 1350. The summed E-state index contributed by atoms with van der Waals surface area (Å²) < 4.78 is 3.58. The molecule has 1 aliphatic carbocycles. The molecule has 0 N–H and O–H groups in total. The highest BCUT2D eigenvalue weighted by atomic mass is 16.2. The number of carbonyl (C=O) groups is 1. The zero-order valence-electron chi connectivity index (χ0n) is 16.7. The second-order valence-electron chi connectivity index (χ2n) is 8.22. The molecule has 0 spiro atoms. The summed E-state index contributed by atoms with van der Waals surface area (Å²) in [5.74, 6) is 0.132. The molecule has 8 heteroatoms. The maximum absolute atomic E-state index is 13.3. The van der Waals surface area contributed by atoms with Gasteiger partial charge in [-0.1, -0.05) is 0 Å². The van der Waals surface area contributed by atoms with Gasteiger partial charge in [-0.25, -0.2) is 9.20 Å². The van der Waals surface area contributed by atoms with Crippen molar-refractivity contribution in [3.63, 3.8) is 0 Å². The highest BCUT2D eigenvalue weighted by Crippen LogP contribution is 2.52. The van der Waals surface area contributed by atoms with Crippen LogP contribution in [-0.2, 0) is 4.79 Å². The molecule has 0 unspecified atom stereocenters. The molecule has 152 valence electrons. The van der Waals surface area contributed by atoms with Gasteiger partial charge in [-0.15, -0.1) is 0 Å². The molecule has 0 aromatic carbocycles. The third-order valence-electron chi connectivity index (χ3n) is 6.45. The zero-order chi connectivity index (χ0) is 21.0. The molecule has 31 heavy (non-hydrogen) atoms. The van der Waals surface area contributed by atoms with Crippen LogP contribution in [0.15, 0.2) is 61.4 Å². The molecule has 4 aromatic heterocycles. The monoisotopic (exact) mass is 409 g/mol. The van der Waals surface area contributed by atoms with Crippen LogP contribution >= 0.6 is 0 Å². The molecule has 2 fully saturated rings. The quantitative estimate of drug-likeness (QED) is 0.516. The SMILES string of the molecule is N#C[C@@]1(C2CC2)CCN(c2ccnn3cc(-c4cnn(-c5ccncc5)c4)cc23)C1=O. The van der Waals surface area contributed by atoms with Crippen LogP contribution in [0.1, 0.15) is 19.3 Å². The molecule has 5 heterocycles. The van der Waals surface area contributed by atoms with Crippen LogP contribution in [0, 0.1) is 22.7 Å². The Balaban J connectivity index is 1.38. The van der Waals surface area contributed by atoms with Crippen molar-refractivity contribution in [1.82, 2.24) is 24.4 Å². The third kappa shape index (κ3) is 2.66. The number of aromatic nitrogens is 5. The van der Waals surface area contributed by atoms with Gasteiger partial charge in [-0.2, -0.15) is 15.5 Å². The average molecular weight is 409 g/mol. The minimum atomic E-state index is -0.860. The van der Waals surface area contributed by atoms with Gasteiger partial charge in [0.05, 0.1) is 29.2 Å². The number of amides is 1. The van der Waals surface area contributed by atoms with E-state index in [4.69, 9.17) is 0 Å². The highest BCUT2D eigenvalue weighted by Gasteiger charge is 2.57. The lowest BCUT2D eigenvalue weighted by atomic mass is 9.83. The lowest BCUT2D eigenvalue weighted by Gasteiger charge is -2.21. The molecule has 0 bridgehead atoms. The number of hydrogen-bond acceptors (Lipinski definition) is 5. The Labute approximate surface area is 178 Å². The molecule has 1 saturated heterocycles. The Hall–Kier alpha value is -3.99. The molecule has 2 aliphatic rings. The van der Waals surface area contributed by atoms with Crippen molar-refractivity contribution in [2.45, 2.75) is 19.3 Å². The summed E-state index contributed by atoms with van der Waals surface area (Å²) in [5.41, 5.74) is 3.62. The fourth-order valence-electron chi connectivity index (χ4n) is 4.61. The van der Waals surface area contributed by atoms with Gasteiger partial charge in [0.1, 0.15) is 5.41 Å². The summed E-state index contributed by atoms with van der Waals surface area (Å²) in [7, 11) is 0. The first kappa shape index (κ1) is 17.8. The van der Waals surface area contributed by atoms with Crippen LogP contribution in [0.3, 0.4) is 0 Å². The van der Waals surface area contributed by atoms with Gasteiger partial charge in [0.2, 0.25) is 5.91 Å². The van der Waals surface area contributed by atoms with E-state index < -0.39 is 5.41 Å². The summed E-state index contributed by atoms with van der Waals surface area (Å²) in [6.07, 6.45) is 13.4. The lowest BCUT2D eigenvalue weighted by Crippen LogP contribution is -2.35. The number of carbonyl (C=O) groups excluding carboxylic acids is 1. The zero-order valence-corrected chi connectivity index (χ0v) is 16.7. The Morgan fingerprint density at radius 2 is 1.90 bits per heavy atom. The van der Waals surface area contributed by atoms with Crippen LogP contribution < -0.4 is 4.90 Å². The molecule has 1 saturated carbocycles. The first-order chi connectivity index (χ1) is 15.2. The number of anilines is 1. The molecular weight excluding hydrogens is 390 g/mol. The van der Waals surface area contributed by atoms with E-state index in [1.165, 1.54) is 0 Å². The lowest BCUT2D eigenvalue weighted by molar-refractivity contribution is -0.123. The Morgan fingerprint density at radius 3 is 2.68 bits per heavy atom. The number of nitrogens with zero attached hydrogens (tertiary/aromatic N) is 7. The van der Waals surface area contributed by atoms with Crippen molar-refractivity contribution in [3.8, 4) is 22.9 Å². The van der Waals surface area contributed by atoms with Crippen LogP contribution in [0.4, 0.5) is 5.69 Å². The molecule has 6 rings (SSSR count). The van der Waals surface area contributed by atoms with Crippen molar-refractivity contribution in [2.75, 3.05) is 11.4 Å². The number of nitriles is 1. The summed E-state index contributed by atoms with van der Waals surface area (Å²) in [4.78, 5) is 19.1. The normalized spacial score (nSPS) is 21.0. The van der Waals surface area contributed by atoms with Crippen LogP contribution in [0.2, 0.25) is 0 Å². The summed E-state index contributed by atoms with van der Waals surface area (Å²) in [5, 5.41) is 18.7. The molecule has 1 aliphatic heterocycles. The first-order valence-corrected chi connectivity index (χ1v) is 10.4. The molecular formula is C23H19N7O. The minimum Gasteiger partial charge on any atom is -0.309 e. The average Bonchev–Trinajstić information content (AvgIpc) is 3.24. The molecule has 0 radical (unpaired) electrons. The summed E-state index contributed by atoms with van der Waals surface area (Å²) in [6, 6.07) is 10.0. The molecule has 1 amide bonds. The number of fused-ring (bicyclic) bond motifs is 1. The first-order valence-electron chi connectivity index (χ1n) is 10.4. The summed E-state index contributed by atoms with van der Waals surface area (Å²) >= 11 is 0. The van der Waals surface area contributed by atoms with E-state index in [9.17, 15) is 10.1 Å². The van der Waals surface area contributed by atoms with E-state index in [1.807, 2.05) is 42.9 Å². The van der Waals surface area contributed by atoms with Crippen LogP contribution in [0.25, 0.3) is 22.3 Å². The van der Waals surface area contributed by atoms with Crippen molar-refractivity contribution in [2.24, 2.45) is 11.3 Å². The number of rotatable bonds is 4. The van der Waals surface area contributed by atoms with Gasteiger partial charge in [-0.3, -0.25) is 9.78 Å². The van der Waals surface area contributed by atoms with Crippen LogP contribution in [0.5, 0.6) is 0 Å². The second kappa shape index (κ2) is 6.51. The minimum absolute atomic E-state index is 0.0705. The number of pyridine rings is 1. The predicted octanol–water partition coefficient (Wildman–Crippen LogP) is 3.24. The Morgan fingerprint density at radius 1 is 1.06 bits per heavy atom. The maximum atomic E-state index is 13.3. The topological polar surface area (TPSA) is 92.1 Å². The fourth-order valence-corrected chi connectivity index (χ4v) is 4.61. The van der Waals surface area contributed by atoms with E-state index in [0.29, 0.717) is 13.0 Å². The van der Waals surface area contributed by atoms with E-state index >= 15 is 0 Å². The van der Waals surface area contributed by atoms with Crippen molar-refractivity contribution in [1.29, 1.82) is 5.26 Å². The smallest absolute Gasteiger partial charge is 0.247 e. The van der Waals surface area contributed by atoms with E-state index in [0.717, 1.165) is 40.9 Å². The van der Waals surface area contributed by atoms with E-state index in [-0.39, 0.29) is 11.8 Å². The van der Waals surface area contributed by atoms with Gasteiger partial charge in [-0.05, 0) is 49.4 Å². The van der Waals surface area contributed by atoms with Gasteiger partial charge in [0.15, 0.2) is 0 Å². The van der Waals surface area contributed by atoms with Gasteiger partial charge < -0.3 is 4.90 Å². The van der Waals surface area contributed by atoms with E-state index in [2.05, 4.69) is 21.3 Å². The number of hydrogen-bond donors (Lipinski definition) is 0. The van der Waals surface area contributed by atoms with Gasteiger partial charge in [0, 0.05) is 48.7 Å². The third-order valence-corrected chi connectivity index (χ3v) is 6.45. The fraction of sp³-hybridized carbons (Fsp3) is 0.261.